The Balaban J connectivity index is 1.96. The van der Waals surface area contributed by atoms with E-state index in [1.165, 1.54) is 0 Å². The Hall–Kier alpha value is -3.28. The van der Waals surface area contributed by atoms with Gasteiger partial charge < -0.3 is 4.74 Å². The Bertz CT molecular complexity index is 773. The van der Waals surface area contributed by atoms with Crippen LogP contribution in [0.3, 0.4) is 0 Å². The van der Waals surface area contributed by atoms with Crippen molar-refractivity contribution in [3.63, 3.8) is 0 Å². The Labute approximate surface area is 133 Å². The lowest BCUT2D eigenvalue weighted by Gasteiger charge is -2.08. The molecule has 0 saturated heterocycles. The molecule has 3 rings (SSSR count). The average molecular weight is 305 g/mol. The molecule has 2 aromatic heterocycles. The zero-order valence-electron chi connectivity index (χ0n) is 12.5. The summed E-state index contributed by atoms with van der Waals surface area (Å²) in [4.78, 5) is 12.6. The monoisotopic (exact) mass is 305 g/mol. The fraction of sp³-hybridized carbons (Fsp3) is 0.0588. The molecule has 0 spiro atoms. The van der Waals surface area contributed by atoms with E-state index in [0.29, 0.717) is 17.2 Å². The Kier molecular flexibility index (Phi) is 4.54. The summed E-state index contributed by atoms with van der Waals surface area (Å²) in [5.41, 5.74) is 5.19. The lowest BCUT2D eigenvalue weighted by molar-refractivity contribution is 0.415. The van der Waals surface area contributed by atoms with Crippen LogP contribution >= 0.6 is 0 Å². The summed E-state index contributed by atoms with van der Waals surface area (Å²) in [5, 5.41) is 4.45. The Morgan fingerprint density at radius 2 is 1.87 bits per heavy atom. The highest BCUT2D eigenvalue weighted by molar-refractivity contribution is 6.11. The van der Waals surface area contributed by atoms with Gasteiger partial charge in [0, 0.05) is 24.2 Å². The van der Waals surface area contributed by atoms with Crippen molar-refractivity contribution in [2.24, 2.45) is 5.10 Å². The predicted octanol–water partition coefficient (Wildman–Crippen LogP) is 2.74. The van der Waals surface area contributed by atoms with Gasteiger partial charge in [-0.1, -0.05) is 6.07 Å². The molecule has 0 bridgehead atoms. The molecule has 6 nitrogen and oxygen atoms in total. The number of anilines is 1. The molecule has 0 amide bonds. The normalized spacial score (nSPS) is 11.1. The summed E-state index contributed by atoms with van der Waals surface area (Å²) >= 11 is 0. The first-order valence-electron chi connectivity index (χ1n) is 7.02. The minimum absolute atomic E-state index is 0.655. The van der Waals surface area contributed by atoms with Crippen LogP contribution in [-0.4, -0.2) is 27.8 Å². The second kappa shape index (κ2) is 7.13. The molecule has 0 aliphatic rings. The first kappa shape index (κ1) is 14.6. The Morgan fingerprint density at radius 3 is 2.52 bits per heavy atom. The molecular weight excluding hydrogens is 290 g/mol. The molecule has 6 heteroatoms. The Morgan fingerprint density at radius 1 is 1.00 bits per heavy atom. The van der Waals surface area contributed by atoms with Crippen molar-refractivity contribution in [2.75, 3.05) is 12.5 Å². The van der Waals surface area contributed by atoms with Gasteiger partial charge in [0.15, 0.2) is 0 Å². The number of hydrogen-bond donors (Lipinski definition) is 1. The summed E-state index contributed by atoms with van der Waals surface area (Å²) in [6.45, 7) is 0. The van der Waals surface area contributed by atoms with E-state index in [1.807, 2.05) is 42.5 Å². The van der Waals surface area contributed by atoms with Crippen molar-refractivity contribution in [1.82, 2.24) is 15.0 Å². The summed E-state index contributed by atoms with van der Waals surface area (Å²) in [7, 11) is 1.63. The molecule has 2 heterocycles. The third-order valence-electron chi connectivity index (χ3n) is 3.12. The third-order valence-corrected chi connectivity index (χ3v) is 3.12. The molecule has 0 atom stereocenters. The molecule has 0 radical (unpaired) electrons. The molecule has 0 aliphatic carbocycles. The van der Waals surface area contributed by atoms with Crippen molar-refractivity contribution in [3.05, 3.63) is 78.5 Å². The van der Waals surface area contributed by atoms with Crippen LogP contribution in [0, 0.1) is 0 Å². The standard InChI is InChI=1S/C17H15N5O/c1-23-14-7-5-13(6-8-14)17(15-12-18-10-11-19-15)22-21-16-4-2-3-9-20-16/h2-12H,1H3,(H,20,21)/b22-17+. The van der Waals surface area contributed by atoms with Crippen molar-refractivity contribution < 1.29 is 4.74 Å². The number of hydrogen-bond acceptors (Lipinski definition) is 6. The second-order valence-electron chi connectivity index (χ2n) is 4.61. The van der Waals surface area contributed by atoms with Crippen LogP contribution in [0.2, 0.25) is 0 Å². The van der Waals surface area contributed by atoms with Gasteiger partial charge in [0.05, 0.1) is 13.3 Å². The third kappa shape index (κ3) is 3.68. The van der Waals surface area contributed by atoms with Crippen LogP contribution in [0.15, 0.2) is 72.4 Å². The fourth-order valence-corrected chi connectivity index (χ4v) is 1.98. The van der Waals surface area contributed by atoms with Gasteiger partial charge in [0.2, 0.25) is 0 Å². The first-order chi connectivity index (χ1) is 11.4. The number of hydrazone groups is 1. The minimum Gasteiger partial charge on any atom is -0.497 e. The maximum atomic E-state index is 5.19. The summed E-state index contributed by atoms with van der Waals surface area (Å²) in [6, 6.07) is 13.2. The van der Waals surface area contributed by atoms with Gasteiger partial charge in [-0.25, -0.2) is 4.98 Å². The van der Waals surface area contributed by atoms with Crippen molar-refractivity contribution in [3.8, 4) is 5.75 Å². The number of ether oxygens (including phenoxy) is 1. The summed E-state index contributed by atoms with van der Waals surface area (Å²) < 4.78 is 5.19. The van der Waals surface area contributed by atoms with Crippen LogP contribution in [0.5, 0.6) is 5.75 Å². The highest BCUT2D eigenvalue weighted by Crippen LogP contribution is 2.15. The number of methoxy groups -OCH3 is 1. The molecule has 23 heavy (non-hydrogen) atoms. The van der Waals surface area contributed by atoms with E-state index in [4.69, 9.17) is 4.74 Å². The number of aromatic nitrogens is 3. The smallest absolute Gasteiger partial charge is 0.146 e. The van der Waals surface area contributed by atoms with Gasteiger partial charge >= 0.3 is 0 Å². The molecule has 1 aromatic carbocycles. The van der Waals surface area contributed by atoms with E-state index in [1.54, 1.807) is 31.9 Å². The predicted molar refractivity (Wildman–Crippen MR) is 88.5 cm³/mol. The van der Waals surface area contributed by atoms with E-state index in [0.717, 1.165) is 11.3 Å². The first-order valence-corrected chi connectivity index (χ1v) is 7.02. The lowest BCUT2D eigenvalue weighted by atomic mass is 10.1. The maximum Gasteiger partial charge on any atom is 0.146 e. The van der Waals surface area contributed by atoms with Gasteiger partial charge in [-0.3, -0.25) is 15.4 Å². The van der Waals surface area contributed by atoms with E-state index < -0.39 is 0 Å². The number of nitrogens with one attached hydrogen (secondary N) is 1. The lowest BCUT2D eigenvalue weighted by Crippen LogP contribution is -2.09. The number of pyridine rings is 1. The van der Waals surface area contributed by atoms with Crippen LogP contribution in [0.4, 0.5) is 5.82 Å². The quantitative estimate of drug-likeness (QED) is 0.579. The van der Waals surface area contributed by atoms with E-state index in [2.05, 4.69) is 25.5 Å². The van der Waals surface area contributed by atoms with Gasteiger partial charge in [-0.15, -0.1) is 0 Å². The molecule has 0 unspecified atom stereocenters. The number of nitrogens with zero attached hydrogens (tertiary/aromatic N) is 4. The average Bonchev–Trinajstić information content (AvgIpc) is 2.64. The van der Waals surface area contributed by atoms with Gasteiger partial charge in [0.25, 0.3) is 0 Å². The van der Waals surface area contributed by atoms with Gasteiger partial charge in [0.1, 0.15) is 23.0 Å². The minimum atomic E-state index is 0.655. The second-order valence-corrected chi connectivity index (χ2v) is 4.61. The van der Waals surface area contributed by atoms with Gasteiger partial charge in [-0.05, 0) is 36.4 Å². The molecule has 114 valence electrons. The van der Waals surface area contributed by atoms with Crippen LogP contribution in [0.1, 0.15) is 11.3 Å². The maximum absolute atomic E-state index is 5.19. The zero-order valence-corrected chi connectivity index (χ0v) is 12.5. The largest absolute Gasteiger partial charge is 0.497 e. The van der Waals surface area contributed by atoms with Crippen LogP contribution < -0.4 is 10.2 Å². The topological polar surface area (TPSA) is 72.3 Å². The van der Waals surface area contributed by atoms with Gasteiger partial charge in [-0.2, -0.15) is 5.10 Å². The molecule has 0 fully saturated rings. The highest BCUT2D eigenvalue weighted by atomic mass is 16.5. The number of benzene rings is 1. The number of rotatable bonds is 5. The van der Waals surface area contributed by atoms with Crippen molar-refractivity contribution >= 4 is 11.5 Å². The van der Waals surface area contributed by atoms with Crippen LogP contribution in [-0.2, 0) is 0 Å². The molecule has 0 aliphatic heterocycles. The van der Waals surface area contributed by atoms with E-state index in [-0.39, 0.29) is 0 Å². The highest BCUT2D eigenvalue weighted by Gasteiger charge is 2.09. The molecule has 3 aromatic rings. The molecule has 0 saturated carbocycles. The van der Waals surface area contributed by atoms with Crippen LogP contribution in [0.25, 0.3) is 0 Å². The van der Waals surface area contributed by atoms with E-state index in [9.17, 15) is 0 Å². The fourth-order valence-electron chi connectivity index (χ4n) is 1.98. The van der Waals surface area contributed by atoms with Crippen molar-refractivity contribution in [2.45, 2.75) is 0 Å². The summed E-state index contributed by atoms with van der Waals surface area (Å²) in [6.07, 6.45) is 6.63. The van der Waals surface area contributed by atoms with E-state index >= 15 is 0 Å². The summed E-state index contributed by atoms with van der Waals surface area (Å²) in [5.74, 6) is 1.44. The molecular formula is C17H15N5O. The molecule has 1 N–H and O–H groups in total. The van der Waals surface area contributed by atoms with Crippen molar-refractivity contribution in [1.29, 1.82) is 0 Å². The SMILES string of the molecule is COc1ccc(/C(=N\Nc2ccccn2)c2cnccn2)cc1. The zero-order chi connectivity index (χ0) is 15.9.